The molecule has 1 aromatic rings. The molecule has 2 rings (SSSR count). The number of amides is 1. The van der Waals surface area contributed by atoms with Crippen molar-refractivity contribution in [1.29, 1.82) is 0 Å². The summed E-state index contributed by atoms with van der Waals surface area (Å²) >= 11 is 0. The fraction of sp³-hybridized carbons (Fsp3) is 0.588. The molecule has 1 atom stereocenters. The Morgan fingerprint density at radius 2 is 2.05 bits per heavy atom. The van der Waals surface area contributed by atoms with Gasteiger partial charge in [0.2, 0.25) is 0 Å². The first-order valence-electron chi connectivity index (χ1n) is 7.62. The molecule has 21 heavy (non-hydrogen) atoms. The second-order valence-electron chi connectivity index (χ2n) is 6.50. The van der Waals surface area contributed by atoms with Crippen molar-refractivity contribution in [1.82, 2.24) is 4.90 Å². The van der Waals surface area contributed by atoms with E-state index in [0.29, 0.717) is 12.2 Å². The van der Waals surface area contributed by atoms with Gasteiger partial charge in [-0.15, -0.1) is 0 Å². The second-order valence-corrected chi connectivity index (χ2v) is 6.50. The number of rotatable bonds is 4. The van der Waals surface area contributed by atoms with Crippen LogP contribution in [0.5, 0.6) is 5.75 Å². The summed E-state index contributed by atoms with van der Waals surface area (Å²) in [6.45, 7) is 7.88. The van der Waals surface area contributed by atoms with E-state index in [9.17, 15) is 9.18 Å². The molecular formula is C17H24FNO2. The predicted molar refractivity (Wildman–Crippen MR) is 80.7 cm³/mol. The zero-order valence-corrected chi connectivity index (χ0v) is 13.1. The molecule has 1 amide bonds. The fourth-order valence-corrected chi connectivity index (χ4v) is 2.80. The zero-order valence-electron chi connectivity index (χ0n) is 13.1. The lowest BCUT2D eigenvalue weighted by atomic mass is 9.84. The molecule has 0 bridgehead atoms. The highest BCUT2D eigenvalue weighted by Crippen LogP contribution is 2.29. The van der Waals surface area contributed by atoms with Gasteiger partial charge in [-0.25, -0.2) is 4.39 Å². The standard InChI is InChI=1S/C17H24FNO2/c1-4-15(21-14-8-6-13(18)7-9-14)16(20)19-11-5-10-17(2,3)12-19/h6-9,15H,4-5,10-12H2,1-3H3/t15-/m1/s1. The van der Waals surface area contributed by atoms with Crippen LogP contribution in [0.1, 0.15) is 40.0 Å². The van der Waals surface area contributed by atoms with E-state index in [-0.39, 0.29) is 17.1 Å². The van der Waals surface area contributed by atoms with E-state index in [1.165, 1.54) is 12.1 Å². The molecule has 3 nitrogen and oxygen atoms in total. The van der Waals surface area contributed by atoms with E-state index in [1.807, 2.05) is 11.8 Å². The van der Waals surface area contributed by atoms with Gasteiger partial charge in [0.05, 0.1) is 0 Å². The van der Waals surface area contributed by atoms with Gasteiger partial charge < -0.3 is 9.64 Å². The molecule has 0 saturated carbocycles. The first-order chi connectivity index (χ1) is 9.91. The van der Waals surface area contributed by atoms with Crippen LogP contribution in [0.4, 0.5) is 4.39 Å². The topological polar surface area (TPSA) is 29.5 Å². The quantitative estimate of drug-likeness (QED) is 0.848. The van der Waals surface area contributed by atoms with E-state index < -0.39 is 6.10 Å². The second kappa shape index (κ2) is 6.46. The Morgan fingerprint density at radius 3 is 2.62 bits per heavy atom. The number of ether oxygens (including phenoxy) is 1. The van der Waals surface area contributed by atoms with Gasteiger partial charge in [-0.1, -0.05) is 20.8 Å². The number of carbonyl (C=O) groups is 1. The average Bonchev–Trinajstić information content (AvgIpc) is 2.45. The van der Waals surface area contributed by atoms with Gasteiger partial charge in [0.1, 0.15) is 11.6 Å². The third kappa shape index (κ3) is 4.19. The van der Waals surface area contributed by atoms with E-state index in [4.69, 9.17) is 4.74 Å². The third-order valence-electron chi connectivity index (χ3n) is 3.95. The smallest absolute Gasteiger partial charge is 0.263 e. The first-order valence-corrected chi connectivity index (χ1v) is 7.62. The molecule has 4 heteroatoms. The lowest BCUT2D eigenvalue weighted by Crippen LogP contribution is -2.48. The molecule has 0 spiro atoms. The highest BCUT2D eigenvalue weighted by molar-refractivity contribution is 5.81. The zero-order chi connectivity index (χ0) is 15.5. The van der Waals surface area contributed by atoms with Crippen molar-refractivity contribution in [2.75, 3.05) is 13.1 Å². The Bertz CT molecular complexity index is 484. The molecule has 1 aliphatic rings. The lowest BCUT2D eigenvalue weighted by Gasteiger charge is -2.39. The Hall–Kier alpha value is -1.58. The van der Waals surface area contributed by atoms with Crippen molar-refractivity contribution >= 4 is 5.91 Å². The Kier molecular flexibility index (Phi) is 4.86. The van der Waals surface area contributed by atoms with Crippen molar-refractivity contribution in [3.8, 4) is 5.75 Å². The molecule has 1 aromatic carbocycles. The number of likely N-dealkylation sites (tertiary alicyclic amines) is 1. The van der Waals surface area contributed by atoms with E-state index in [0.717, 1.165) is 25.9 Å². The predicted octanol–water partition coefficient (Wildman–Crippen LogP) is 3.63. The maximum atomic E-state index is 12.9. The highest BCUT2D eigenvalue weighted by Gasteiger charge is 2.32. The molecule has 116 valence electrons. The number of carbonyl (C=O) groups excluding carboxylic acids is 1. The summed E-state index contributed by atoms with van der Waals surface area (Å²) in [5.41, 5.74) is 0.169. The number of benzene rings is 1. The minimum atomic E-state index is -0.496. The van der Waals surface area contributed by atoms with Crippen molar-refractivity contribution in [2.45, 2.75) is 46.1 Å². The van der Waals surface area contributed by atoms with E-state index >= 15 is 0 Å². The third-order valence-corrected chi connectivity index (χ3v) is 3.95. The van der Waals surface area contributed by atoms with Gasteiger partial charge >= 0.3 is 0 Å². The first kappa shape index (κ1) is 15.8. The molecule has 1 heterocycles. The summed E-state index contributed by atoms with van der Waals surface area (Å²) in [5, 5.41) is 0. The van der Waals surface area contributed by atoms with Crippen LogP contribution >= 0.6 is 0 Å². The summed E-state index contributed by atoms with van der Waals surface area (Å²) in [7, 11) is 0. The van der Waals surface area contributed by atoms with Gasteiger partial charge in [-0.2, -0.15) is 0 Å². The Labute approximate surface area is 126 Å². The molecular weight excluding hydrogens is 269 g/mol. The minimum Gasteiger partial charge on any atom is -0.481 e. The molecule has 0 aliphatic carbocycles. The van der Waals surface area contributed by atoms with E-state index in [1.54, 1.807) is 12.1 Å². The average molecular weight is 293 g/mol. The number of hydrogen-bond acceptors (Lipinski definition) is 2. The van der Waals surface area contributed by atoms with Gasteiger partial charge in [0, 0.05) is 13.1 Å². The number of nitrogens with zero attached hydrogens (tertiary/aromatic N) is 1. The van der Waals surface area contributed by atoms with Crippen LogP contribution in [0.3, 0.4) is 0 Å². The van der Waals surface area contributed by atoms with Crippen molar-refractivity contribution in [3.05, 3.63) is 30.1 Å². The Morgan fingerprint density at radius 1 is 1.38 bits per heavy atom. The highest BCUT2D eigenvalue weighted by atomic mass is 19.1. The fourth-order valence-electron chi connectivity index (χ4n) is 2.80. The van der Waals surface area contributed by atoms with Crippen LogP contribution in [-0.4, -0.2) is 30.0 Å². The van der Waals surface area contributed by atoms with Crippen LogP contribution in [0.15, 0.2) is 24.3 Å². The van der Waals surface area contributed by atoms with Crippen LogP contribution < -0.4 is 4.74 Å². The molecule has 0 N–H and O–H groups in total. The van der Waals surface area contributed by atoms with Crippen LogP contribution in [0.2, 0.25) is 0 Å². The summed E-state index contributed by atoms with van der Waals surface area (Å²) in [6.07, 6.45) is 2.29. The van der Waals surface area contributed by atoms with Gasteiger partial charge in [0.15, 0.2) is 6.10 Å². The number of piperidine rings is 1. The van der Waals surface area contributed by atoms with Gasteiger partial charge in [-0.05, 0) is 48.9 Å². The minimum absolute atomic E-state index is 0.0367. The molecule has 1 fully saturated rings. The molecule has 0 aromatic heterocycles. The monoisotopic (exact) mass is 293 g/mol. The van der Waals surface area contributed by atoms with Gasteiger partial charge in [-0.3, -0.25) is 4.79 Å². The summed E-state index contributed by atoms with van der Waals surface area (Å²) in [4.78, 5) is 14.5. The van der Waals surface area contributed by atoms with Crippen molar-refractivity contribution < 1.29 is 13.9 Å². The van der Waals surface area contributed by atoms with Crippen LogP contribution in [-0.2, 0) is 4.79 Å². The molecule has 0 unspecified atom stereocenters. The van der Waals surface area contributed by atoms with Gasteiger partial charge in [0.25, 0.3) is 5.91 Å². The summed E-state index contributed by atoms with van der Waals surface area (Å²) in [6, 6.07) is 5.81. The van der Waals surface area contributed by atoms with E-state index in [2.05, 4.69) is 13.8 Å². The summed E-state index contributed by atoms with van der Waals surface area (Å²) in [5.74, 6) is 0.266. The normalized spacial score (nSPS) is 19.1. The lowest BCUT2D eigenvalue weighted by molar-refractivity contribution is -0.142. The summed E-state index contributed by atoms with van der Waals surface area (Å²) < 4.78 is 18.7. The SMILES string of the molecule is CC[C@@H](Oc1ccc(F)cc1)C(=O)N1CCCC(C)(C)C1. The molecule has 0 radical (unpaired) electrons. The maximum Gasteiger partial charge on any atom is 0.263 e. The number of halogens is 1. The molecule has 1 aliphatic heterocycles. The van der Waals surface area contributed by atoms with Crippen LogP contribution in [0, 0.1) is 11.2 Å². The Balaban J connectivity index is 2.02. The largest absolute Gasteiger partial charge is 0.481 e. The molecule has 1 saturated heterocycles. The van der Waals surface area contributed by atoms with Crippen LogP contribution in [0.25, 0.3) is 0 Å². The van der Waals surface area contributed by atoms with Crippen molar-refractivity contribution in [3.63, 3.8) is 0 Å². The van der Waals surface area contributed by atoms with Crippen molar-refractivity contribution in [2.24, 2.45) is 5.41 Å². The maximum absolute atomic E-state index is 12.9. The number of hydrogen-bond donors (Lipinski definition) is 0.